The number of benzene rings is 3. The van der Waals surface area contributed by atoms with E-state index in [1.54, 1.807) is 42.5 Å². The van der Waals surface area contributed by atoms with Gasteiger partial charge in [0.1, 0.15) is 5.75 Å². The Kier molecular flexibility index (Phi) is 7.96. The molecule has 0 saturated carbocycles. The first-order valence-electron chi connectivity index (χ1n) is 9.69. The van der Waals surface area contributed by atoms with E-state index in [2.05, 4.69) is 10.0 Å². The first kappa shape index (κ1) is 24.1. The molecular weight excluding hydrogens is 464 g/mol. The van der Waals surface area contributed by atoms with Crippen molar-refractivity contribution in [3.63, 3.8) is 0 Å². The molecule has 8 nitrogen and oxygen atoms in total. The molecule has 0 atom stereocenters. The average Bonchev–Trinajstić information content (AvgIpc) is 2.83. The Hall–Kier alpha value is -3.50. The van der Waals surface area contributed by atoms with E-state index in [-0.39, 0.29) is 10.5 Å². The number of nitrogens with one attached hydrogen (secondary N) is 2. The third kappa shape index (κ3) is 6.74. The molecule has 3 aromatic rings. The molecule has 0 radical (unpaired) electrons. The minimum atomic E-state index is -3.95. The van der Waals surface area contributed by atoms with E-state index in [1.807, 2.05) is 12.3 Å². The van der Waals surface area contributed by atoms with E-state index in [1.165, 1.54) is 43.1 Å². The molecule has 1 amide bonds. The molecule has 10 heteroatoms. The molecular formula is C23H22N2O6S2. The van der Waals surface area contributed by atoms with Gasteiger partial charge in [-0.05, 0) is 66.9 Å². The second kappa shape index (κ2) is 10.9. The first-order chi connectivity index (χ1) is 15.8. The molecule has 0 spiro atoms. The molecule has 0 heterocycles. The zero-order valence-corrected chi connectivity index (χ0v) is 19.5. The van der Waals surface area contributed by atoms with Crippen molar-refractivity contribution in [2.45, 2.75) is 9.79 Å². The van der Waals surface area contributed by atoms with Crippen molar-refractivity contribution in [2.24, 2.45) is 0 Å². The number of thioether (sulfide) groups is 1. The van der Waals surface area contributed by atoms with Crippen LogP contribution in [-0.4, -0.2) is 40.3 Å². The van der Waals surface area contributed by atoms with Crippen molar-refractivity contribution in [3.8, 4) is 5.75 Å². The second-order valence-electron chi connectivity index (χ2n) is 6.72. The van der Waals surface area contributed by atoms with Gasteiger partial charge in [0.05, 0.1) is 17.6 Å². The number of hydrogen-bond acceptors (Lipinski definition) is 7. The molecule has 33 heavy (non-hydrogen) atoms. The van der Waals surface area contributed by atoms with Crippen LogP contribution in [0.2, 0.25) is 0 Å². The van der Waals surface area contributed by atoms with Crippen LogP contribution in [-0.2, 0) is 19.6 Å². The molecule has 0 saturated heterocycles. The van der Waals surface area contributed by atoms with Crippen LogP contribution in [0.3, 0.4) is 0 Å². The number of sulfonamides is 1. The van der Waals surface area contributed by atoms with Gasteiger partial charge in [-0.15, -0.1) is 11.8 Å². The fourth-order valence-electron chi connectivity index (χ4n) is 2.78. The molecule has 0 aromatic heterocycles. The SMILES string of the molecule is COc1ccc(NS(=O)(=O)c2cccc(C(=O)OCC(=O)Nc3cccc(SC)c3)c2)cc1. The quantitative estimate of drug-likeness (QED) is 0.347. The van der Waals surface area contributed by atoms with Gasteiger partial charge in [0.25, 0.3) is 15.9 Å². The highest BCUT2D eigenvalue weighted by molar-refractivity contribution is 7.98. The summed E-state index contributed by atoms with van der Waals surface area (Å²) in [4.78, 5) is 25.3. The van der Waals surface area contributed by atoms with Crippen molar-refractivity contribution in [2.75, 3.05) is 30.0 Å². The van der Waals surface area contributed by atoms with E-state index in [9.17, 15) is 18.0 Å². The van der Waals surface area contributed by atoms with Gasteiger partial charge < -0.3 is 14.8 Å². The maximum Gasteiger partial charge on any atom is 0.338 e. The van der Waals surface area contributed by atoms with Crippen molar-refractivity contribution < 1.29 is 27.5 Å². The lowest BCUT2D eigenvalue weighted by atomic mass is 10.2. The van der Waals surface area contributed by atoms with Gasteiger partial charge in [-0.3, -0.25) is 9.52 Å². The van der Waals surface area contributed by atoms with Crippen LogP contribution in [0.4, 0.5) is 11.4 Å². The lowest BCUT2D eigenvalue weighted by Crippen LogP contribution is -2.21. The maximum atomic E-state index is 12.7. The van der Waals surface area contributed by atoms with Crippen LogP contribution >= 0.6 is 11.8 Å². The Morgan fingerprint density at radius 3 is 2.36 bits per heavy atom. The summed E-state index contributed by atoms with van der Waals surface area (Å²) in [6.45, 7) is -0.511. The monoisotopic (exact) mass is 486 g/mol. The van der Waals surface area contributed by atoms with Crippen molar-refractivity contribution >= 4 is 45.0 Å². The molecule has 3 rings (SSSR count). The number of methoxy groups -OCH3 is 1. The summed E-state index contributed by atoms with van der Waals surface area (Å²) >= 11 is 1.53. The minimum Gasteiger partial charge on any atom is -0.497 e. The summed E-state index contributed by atoms with van der Waals surface area (Å²) in [5.41, 5.74) is 0.927. The highest BCUT2D eigenvalue weighted by Crippen LogP contribution is 2.21. The molecule has 0 fully saturated rings. The second-order valence-corrected chi connectivity index (χ2v) is 9.28. The Morgan fingerprint density at radius 1 is 0.939 bits per heavy atom. The van der Waals surface area contributed by atoms with Crippen LogP contribution < -0.4 is 14.8 Å². The van der Waals surface area contributed by atoms with E-state index in [0.29, 0.717) is 17.1 Å². The number of carbonyl (C=O) groups excluding carboxylic acids is 2. The Morgan fingerprint density at radius 2 is 1.67 bits per heavy atom. The average molecular weight is 487 g/mol. The van der Waals surface area contributed by atoms with Crippen LogP contribution in [0.1, 0.15) is 10.4 Å². The number of rotatable bonds is 9. The topological polar surface area (TPSA) is 111 Å². The third-order valence-corrected chi connectivity index (χ3v) is 6.51. The van der Waals surface area contributed by atoms with Gasteiger partial charge in [0.15, 0.2) is 6.61 Å². The smallest absolute Gasteiger partial charge is 0.338 e. The Bertz CT molecular complexity index is 1240. The molecule has 0 unspecified atom stereocenters. The number of ether oxygens (including phenoxy) is 2. The summed E-state index contributed by atoms with van der Waals surface area (Å²) in [6, 6.07) is 19.0. The molecule has 0 aliphatic carbocycles. The Labute approximate surface area is 196 Å². The fourth-order valence-corrected chi connectivity index (χ4v) is 4.34. The van der Waals surface area contributed by atoms with Gasteiger partial charge in [-0.2, -0.15) is 0 Å². The Balaban J connectivity index is 1.62. The summed E-state index contributed by atoms with van der Waals surface area (Å²) in [6.07, 6.45) is 1.92. The highest BCUT2D eigenvalue weighted by Gasteiger charge is 2.18. The number of amides is 1. The van der Waals surface area contributed by atoms with Gasteiger partial charge in [0, 0.05) is 16.3 Å². The number of anilines is 2. The van der Waals surface area contributed by atoms with Crippen LogP contribution in [0.5, 0.6) is 5.75 Å². The predicted molar refractivity (Wildman–Crippen MR) is 127 cm³/mol. The fraction of sp³-hybridized carbons (Fsp3) is 0.130. The van der Waals surface area contributed by atoms with Gasteiger partial charge in [-0.1, -0.05) is 12.1 Å². The van der Waals surface area contributed by atoms with E-state index < -0.39 is 28.5 Å². The van der Waals surface area contributed by atoms with Gasteiger partial charge >= 0.3 is 5.97 Å². The molecule has 3 aromatic carbocycles. The zero-order valence-electron chi connectivity index (χ0n) is 17.9. The standard InChI is InChI=1S/C23H22N2O6S2/c1-30-19-11-9-17(10-12-19)25-33(28,29)21-8-3-5-16(13-21)23(27)31-15-22(26)24-18-6-4-7-20(14-18)32-2/h3-14,25H,15H2,1-2H3,(H,24,26). The molecule has 0 aliphatic rings. The van der Waals surface area contributed by atoms with Crippen molar-refractivity contribution in [1.82, 2.24) is 0 Å². The van der Waals surface area contributed by atoms with E-state index in [4.69, 9.17) is 9.47 Å². The summed E-state index contributed by atoms with van der Waals surface area (Å²) in [5.74, 6) is -0.736. The van der Waals surface area contributed by atoms with E-state index >= 15 is 0 Å². The summed E-state index contributed by atoms with van der Waals surface area (Å²) < 4.78 is 37.9. The van der Waals surface area contributed by atoms with E-state index in [0.717, 1.165) is 4.90 Å². The number of hydrogen-bond donors (Lipinski definition) is 2. The molecule has 172 valence electrons. The first-order valence-corrected chi connectivity index (χ1v) is 12.4. The van der Waals surface area contributed by atoms with Crippen LogP contribution in [0.25, 0.3) is 0 Å². The normalized spacial score (nSPS) is 10.8. The predicted octanol–water partition coefficient (Wildman–Crippen LogP) is 4.01. The number of carbonyl (C=O) groups is 2. The maximum absolute atomic E-state index is 12.7. The molecule has 0 aliphatic heterocycles. The summed E-state index contributed by atoms with van der Waals surface area (Å²) in [5, 5.41) is 2.65. The highest BCUT2D eigenvalue weighted by atomic mass is 32.2. The van der Waals surface area contributed by atoms with Crippen LogP contribution in [0, 0.1) is 0 Å². The third-order valence-electron chi connectivity index (χ3n) is 4.41. The minimum absolute atomic E-state index is 0.00443. The summed E-state index contributed by atoms with van der Waals surface area (Å²) in [7, 11) is -2.44. The van der Waals surface area contributed by atoms with Crippen molar-refractivity contribution in [3.05, 3.63) is 78.4 Å². The van der Waals surface area contributed by atoms with Gasteiger partial charge in [-0.25, -0.2) is 13.2 Å². The lowest BCUT2D eigenvalue weighted by Gasteiger charge is -2.10. The van der Waals surface area contributed by atoms with Gasteiger partial charge in [0.2, 0.25) is 0 Å². The van der Waals surface area contributed by atoms with Crippen LogP contribution in [0.15, 0.2) is 82.6 Å². The zero-order chi connectivity index (χ0) is 23.8. The molecule has 0 bridgehead atoms. The van der Waals surface area contributed by atoms with Crippen molar-refractivity contribution in [1.29, 1.82) is 0 Å². The lowest BCUT2D eigenvalue weighted by molar-refractivity contribution is -0.119. The largest absolute Gasteiger partial charge is 0.497 e. The number of esters is 1. The molecule has 2 N–H and O–H groups in total.